The molecule has 11 nitrogen and oxygen atoms in total. The Hall–Kier alpha value is -5.13. The number of aromatic amines is 1. The highest BCUT2D eigenvalue weighted by Crippen LogP contribution is 2.33. The third kappa shape index (κ3) is 4.98. The zero-order valence-electron chi connectivity index (χ0n) is 19.8. The molecule has 1 unspecified atom stereocenters. The van der Waals surface area contributed by atoms with Crippen molar-refractivity contribution in [3.63, 3.8) is 0 Å². The third-order valence-electron chi connectivity index (χ3n) is 5.58. The number of carbonyl (C=O) groups is 1. The molecule has 0 amide bonds. The van der Waals surface area contributed by atoms with Gasteiger partial charge in [-0.2, -0.15) is 4.68 Å². The molecule has 0 aliphatic rings. The van der Waals surface area contributed by atoms with E-state index in [2.05, 4.69) is 15.4 Å². The first-order valence-electron chi connectivity index (χ1n) is 10.9. The molecule has 190 valence electrons. The number of methoxy groups -OCH3 is 2. The van der Waals surface area contributed by atoms with Gasteiger partial charge < -0.3 is 25.6 Å². The first kappa shape index (κ1) is 25.0. The van der Waals surface area contributed by atoms with E-state index in [4.69, 9.17) is 20.6 Å². The monoisotopic (exact) mass is 506 g/mol. The van der Waals surface area contributed by atoms with Crippen LogP contribution in [0.15, 0.2) is 65.5 Å². The van der Waals surface area contributed by atoms with Crippen molar-refractivity contribution >= 4 is 17.5 Å². The van der Waals surface area contributed by atoms with E-state index in [-0.39, 0.29) is 22.6 Å². The zero-order chi connectivity index (χ0) is 26.7. The van der Waals surface area contributed by atoms with Gasteiger partial charge in [0, 0.05) is 5.69 Å². The number of nitrogens with two attached hydrogens (primary N) is 1. The second-order valence-electron chi connectivity index (χ2n) is 7.85. The predicted molar refractivity (Wildman–Crippen MR) is 134 cm³/mol. The van der Waals surface area contributed by atoms with E-state index in [1.165, 1.54) is 44.6 Å². The molecule has 0 aliphatic carbocycles. The number of aromatic carboxylic acids is 1. The summed E-state index contributed by atoms with van der Waals surface area (Å²) in [6.45, 7) is 0. The fourth-order valence-corrected chi connectivity index (χ4v) is 3.80. The van der Waals surface area contributed by atoms with Gasteiger partial charge in [0.1, 0.15) is 17.7 Å². The molecule has 1 heterocycles. The lowest BCUT2D eigenvalue weighted by Crippen LogP contribution is -2.18. The Morgan fingerprint density at radius 1 is 1.11 bits per heavy atom. The number of nitrogen functional groups attached to an aromatic ring is 1. The number of nitrogens with one attached hydrogen (secondary N) is 3. The largest absolute Gasteiger partial charge is 0.493 e. The second-order valence-corrected chi connectivity index (χ2v) is 7.85. The Bertz CT molecular complexity index is 1550. The van der Waals surface area contributed by atoms with Crippen LogP contribution in [0.3, 0.4) is 0 Å². The summed E-state index contributed by atoms with van der Waals surface area (Å²) in [6, 6.07) is 14.2. The molecular formula is C25H23FN6O5. The quantitative estimate of drug-likeness (QED) is 0.171. The Morgan fingerprint density at radius 3 is 2.49 bits per heavy atom. The molecule has 0 radical (unpaired) electrons. The molecule has 4 aromatic rings. The van der Waals surface area contributed by atoms with Crippen LogP contribution in [-0.2, 0) is 0 Å². The SMILES string of the molecule is COc1ccc(C(Nc2ccc(C(=N)N)c(F)c2)c2nn(-c3ccccc3C(=O)O)c(=O)[nH]2)cc1OC. The maximum absolute atomic E-state index is 14.6. The van der Waals surface area contributed by atoms with Crippen LogP contribution in [0.2, 0.25) is 0 Å². The number of amidine groups is 1. The molecular weight excluding hydrogens is 483 g/mol. The molecule has 0 spiro atoms. The van der Waals surface area contributed by atoms with Gasteiger partial charge in [-0.05, 0) is 48.0 Å². The van der Waals surface area contributed by atoms with Gasteiger partial charge in [0.05, 0.1) is 31.0 Å². The number of carboxylic acid groups (broad SMARTS) is 1. The van der Waals surface area contributed by atoms with Gasteiger partial charge in [0.15, 0.2) is 17.3 Å². The van der Waals surface area contributed by atoms with E-state index >= 15 is 0 Å². The number of para-hydroxylation sites is 1. The van der Waals surface area contributed by atoms with Crippen molar-refractivity contribution in [3.8, 4) is 17.2 Å². The maximum atomic E-state index is 14.6. The number of anilines is 1. The van der Waals surface area contributed by atoms with Crippen LogP contribution >= 0.6 is 0 Å². The highest BCUT2D eigenvalue weighted by atomic mass is 19.1. The molecule has 0 saturated carbocycles. The summed E-state index contributed by atoms with van der Waals surface area (Å²) in [5.74, 6) is -1.35. The van der Waals surface area contributed by atoms with Gasteiger partial charge in [-0.15, -0.1) is 5.10 Å². The fraction of sp³-hybridized carbons (Fsp3) is 0.120. The normalized spacial score (nSPS) is 11.5. The summed E-state index contributed by atoms with van der Waals surface area (Å²) in [5.41, 5.74) is 5.53. The number of rotatable bonds is 9. The van der Waals surface area contributed by atoms with Gasteiger partial charge in [0.25, 0.3) is 0 Å². The van der Waals surface area contributed by atoms with E-state index < -0.39 is 29.4 Å². The summed E-state index contributed by atoms with van der Waals surface area (Å²) in [7, 11) is 2.96. The first-order chi connectivity index (χ1) is 17.7. The molecule has 1 aromatic heterocycles. The lowest BCUT2D eigenvalue weighted by atomic mass is 10.0. The number of benzene rings is 3. The molecule has 0 aliphatic heterocycles. The summed E-state index contributed by atoms with van der Waals surface area (Å²) in [6.07, 6.45) is 0. The average molecular weight is 506 g/mol. The number of halogens is 1. The van der Waals surface area contributed by atoms with Crippen LogP contribution in [0.25, 0.3) is 5.69 Å². The van der Waals surface area contributed by atoms with Crippen molar-refractivity contribution in [1.82, 2.24) is 14.8 Å². The molecule has 0 bridgehead atoms. The van der Waals surface area contributed by atoms with E-state index in [0.29, 0.717) is 22.7 Å². The van der Waals surface area contributed by atoms with Crippen molar-refractivity contribution in [1.29, 1.82) is 5.41 Å². The number of H-pyrrole nitrogens is 1. The number of carboxylic acids is 1. The van der Waals surface area contributed by atoms with Crippen LogP contribution < -0.4 is 26.2 Å². The van der Waals surface area contributed by atoms with Crippen molar-refractivity contribution in [2.75, 3.05) is 19.5 Å². The van der Waals surface area contributed by atoms with Crippen LogP contribution in [-0.4, -0.2) is 45.9 Å². The smallest absolute Gasteiger partial charge is 0.348 e. The minimum atomic E-state index is -1.22. The highest BCUT2D eigenvalue weighted by Gasteiger charge is 2.24. The average Bonchev–Trinajstić information content (AvgIpc) is 3.27. The van der Waals surface area contributed by atoms with E-state index in [1.54, 1.807) is 30.3 Å². The fourth-order valence-electron chi connectivity index (χ4n) is 3.80. The number of ether oxygens (including phenoxy) is 2. The van der Waals surface area contributed by atoms with Gasteiger partial charge >= 0.3 is 11.7 Å². The van der Waals surface area contributed by atoms with Gasteiger partial charge in [0.2, 0.25) is 0 Å². The number of nitrogens with zero attached hydrogens (tertiary/aromatic N) is 2. The number of hydrogen-bond donors (Lipinski definition) is 5. The molecule has 3 aromatic carbocycles. The number of aromatic nitrogens is 3. The standard InChI is InChI=1S/C25H23FN6O5/c1-36-19-10-7-13(11-20(19)37-2)21(29-14-8-9-15(22(27)28)17(26)12-14)23-30-25(35)32(31-23)18-6-4-3-5-16(18)24(33)34/h3-12,21,29H,1-2H3,(H3,27,28)(H,33,34)(H,30,31,35). The Morgan fingerprint density at radius 2 is 1.84 bits per heavy atom. The molecule has 37 heavy (non-hydrogen) atoms. The van der Waals surface area contributed by atoms with E-state index in [9.17, 15) is 19.1 Å². The van der Waals surface area contributed by atoms with Gasteiger partial charge in [-0.3, -0.25) is 10.4 Å². The Kier molecular flexibility index (Phi) is 6.91. The van der Waals surface area contributed by atoms with Crippen LogP contribution in [0.1, 0.15) is 33.4 Å². The van der Waals surface area contributed by atoms with E-state index in [1.807, 2.05) is 0 Å². The van der Waals surface area contributed by atoms with Crippen molar-refractivity contribution in [2.24, 2.45) is 5.73 Å². The predicted octanol–water partition coefficient (Wildman–Crippen LogP) is 2.90. The topological polar surface area (TPSA) is 168 Å². The van der Waals surface area contributed by atoms with Gasteiger partial charge in [-0.25, -0.2) is 14.0 Å². The van der Waals surface area contributed by atoms with Crippen molar-refractivity contribution < 1.29 is 23.8 Å². The summed E-state index contributed by atoms with van der Waals surface area (Å²) in [4.78, 5) is 27.2. The Labute approximate surface area is 209 Å². The highest BCUT2D eigenvalue weighted by molar-refractivity contribution is 5.95. The summed E-state index contributed by atoms with van der Waals surface area (Å²) in [5, 5.41) is 24.5. The summed E-state index contributed by atoms with van der Waals surface area (Å²) < 4.78 is 26.2. The maximum Gasteiger partial charge on any atom is 0.348 e. The molecule has 1 atom stereocenters. The molecule has 0 saturated heterocycles. The lowest BCUT2D eigenvalue weighted by Gasteiger charge is -2.20. The third-order valence-corrected chi connectivity index (χ3v) is 5.58. The van der Waals surface area contributed by atoms with Crippen LogP contribution in [0, 0.1) is 11.2 Å². The van der Waals surface area contributed by atoms with Crippen LogP contribution in [0.4, 0.5) is 10.1 Å². The molecule has 12 heteroatoms. The van der Waals surface area contributed by atoms with Crippen molar-refractivity contribution in [3.05, 3.63) is 99.5 Å². The molecule has 4 rings (SSSR count). The second kappa shape index (κ2) is 10.2. The van der Waals surface area contributed by atoms with Crippen LogP contribution in [0.5, 0.6) is 11.5 Å². The minimum Gasteiger partial charge on any atom is -0.493 e. The van der Waals surface area contributed by atoms with E-state index in [0.717, 1.165) is 4.68 Å². The number of hydrogen-bond acceptors (Lipinski definition) is 7. The first-order valence-corrected chi connectivity index (χ1v) is 10.9. The van der Waals surface area contributed by atoms with Gasteiger partial charge in [-0.1, -0.05) is 18.2 Å². The Balaban J connectivity index is 1.84. The molecule has 6 N–H and O–H groups in total. The molecule has 0 fully saturated rings. The lowest BCUT2D eigenvalue weighted by molar-refractivity contribution is 0.0696. The minimum absolute atomic E-state index is 0.0591. The zero-order valence-corrected chi connectivity index (χ0v) is 19.8. The van der Waals surface area contributed by atoms with Crippen molar-refractivity contribution in [2.45, 2.75) is 6.04 Å². The summed E-state index contributed by atoms with van der Waals surface area (Å²) >= 11 is 0.